The van der Waals surface area contributed by atoms with E-state index in [1.165, 1.54) is 6.07 Å². The highest BCUT2D eigenvalue weighted by Gasteiger charge is 2.39. The van der Waals surface area contributed by atoms with Crippen molar-refractivity contribution in [3.8, 4) is 11.6 Å². The molecule has 0 unspecified atom stereocenters. The number of rotatable bonds is 2. The molecule has 1 heterocycles. The molecule has 0 amide bonds. The maximum absolute atomic E-state index is 13.0. The first-order chi connectivity index (χ1) is 9.25. The second kappa shape index (κ2) is 4.66. The van der Waals surface area contributed by atoms with Crippen LogP contribution in [-0.2, 0) is 6.18 Å². The van der Waals surface area contributed by atoms with Crippen LogP contribution in [0.15, 0.2) is 18.2 Å². The zero-order valence-corrected chi connectivity index (χ0v) is 10.7. The van der Waals surface area contributed by atoms with Gasteiger partial charge in [0.05, 0.1) is 5.69 Å². The van der Waals surface area contributed by atoms with Crippen molar-refractivity contribution >= 4 is 6.29 Å². The van der Waals surface area contributed by atoms with Crippen LogP contribution in [0.25, 0.3) is 5.69 Å². The topological polar surface area (TPSA) is 55.1 Å². The fraction of sp³-hybridized carbons (Fsp3) is 0.231. The van der Waals surface area contributed by atoms with Gasteiger partial charge in [-0.3, -0.25) is 9.36 Å². The molecule has 0 saturated heterocycles. The number of nitrogens with zero attached hydrogens (tertiary/aromatic N) is 2. The number of imidazole rings is 1. The highest BCUT2D eigenvalue weighted by Crippen LogP contribution is 2.35. The standard InChI is InChI=1S/C13H11F3N2O2/c1-7-3-4-10(8(2)5-7)18-11(20)9(6-19)17-12(18)13(14,15)16/h3-6,20H,1-2H3. The average Bonchev–Trinajstić information content (AvgIpc) is 2.66. The maximum atomic E-state index is 13.0. The summed E-state index contributed by atoms with van der Waals surface area (Å²) in [5.41, 5.74) is 0.883. The average molecular weight is 284 g/mol. The molecule has 0 atom stereocenters. The van der Waals surface area contributed by atoms with Crippen molar-refractivity contribution in [1.29, 1.82) is 0 Å². The molecule has 0 radical (unpaired) electrons. The number of aromatic hydroxyl groups is 1. The van der Waals surface area contributed by atoms with Gasteiger partial charge in [0.15, 0.2) is 12.0 Å². The molecule has 2 rings (SSSR count). The summed E-state index contributed by atoms with van der Waals surface area (Å²) >= 11 is 0. The van der Waals surface area contributed by atoms with Crippen LogP contribution in [0, 0.1) is 13.8 Å². The Morgan fingerprint density at radius 1 is 1.30 bits per heavy atom. The van der Waals surface area contributed by atoms with Crippen molar-refractivity contribution in [3.05, 3.63) is 40.8 Å². The van der Waals surface area contributed by atoms with Gasteiger partial charge in [-0.05, 0) is 25.5 Å². The van der Waals surface area contributed by atoms with E-state index in [-0.39, 0.29) is 12.0 Å². The lowest BCUT2D eigenvalue weighted by molar-refractivity contribution is -0.146. The van der Waals surface area contributed by atoms with E-state index in [1.54, 1.807) is 26.0 Å². The third-order valence-electron chi connectivity index (χ3n) is 2.84. The number of alkyl halides is 3. The van der Waals surface area contributed by atoms with Crippen molar-refractivity contribution in [2.24, 2.45) is 0 Å². The van der Waals surface area contributed by atoms with Crippen molar-refractivity contribution in [2.75, 3.05) is 0 Å². The van der Waals surface area contributed by atoms with Crippen molar-refractivity contribution < 1.29 is 23.1 Å². The van der Waals surface area contributed by atoms with E-state index in [0.29, 0.717) is 10.1 Å². The molecule has 1 aromatic carbocycles. The van der Waals surface area contributed by atoms with Gasteiger partial charge in [-0.15, -0.1) is 0 Å². The van der Waals surface area contributed by atoms with Crippen molar-refractivity contribution in [1.82, 2.24) is 9.55 Å². The van der Waals surface area contributed by atoms with Crippen molar-refractivity contribution in [2.45, 2.75) is 20.0 Å². The van der Waals surface area contributed by atoms with Crippen LogP contribution in [-0.4, -0.2) is 20.9 Å². The molecule has 0 aliphatic carbocycles. The first kappa shape index (κ1) is 14.1. The van der Waals surface area contributed by atoms with Crippen LogP contribution in [0.3, 0.4) is 0 Å². The lowest BCUT2D eigenvalue weighted by Gasteiger charge is -2.13. The predicted molar refractivity (Wildman–Crippen MR) is 65.1 cm³/mol. The minimum absolute atomic E-state index is 0.0879. The molecule has 20 heavy (non-hydrogen) atoms. The molecule has 0 spiro atoms. The van der Waals surface area contributed by atoms with Gasteiger partial charge in [0, 0.05) is 0 Å². The SMILES string of the molecule is Cc1ccc(-n2c(C(F)(F)F)nc(C=O)c2O)c(C)c1. The zero-order valence-electron chi connectivity index (χ0n) is 10.7. The second-order valence-corrected chi connectivity index (χ2v) is 4.39. The van der Waals surface area contributed by atoms with Gasteiger partial charge in [0.2, 0.25) is 11.7 Å². The number of benzene rings is 1. The van der Waals surface area contributed by atoms with Crippen LogP contribution in [0.1, 0.15) is 27.4 Å². The number of carbonyl (C=O) groups excluding carboxylic acids is 1. The quantitative estimate of drug-likeness (QED) is 0.862. The number of hydrogen-bond acceptors (Lipinski definition) is 3. The largest absolute Gasteiger partial charge is 0.493 e. The van der Waals surface area contributed by atoms with Gasteiger partial charge in [-0.25, -0.2) is 4.98 Å². The maximum Gasteiger partial charge on any atom is 0.450 e. The van der Waals surface area contributed by atoms with Gasteiger partial charge < -0.3 is 5.11 Å². The smallest absolute Gasteiger partial charge is 0.450 e. The third-order valence-corrected chi connectivity index (χ3v) is 2.84. The number of aryl methyl sites for hydroxylation is 2. The normalized spacial score (nSPS) is 11.7. The first-order valence-corrected chi connectivity index (χ1v) is 5.67. The molecule has 0 aliphatic heterocycles. The summed E-state index contributed by atoms with van der Waals surface area (Å²) in [6.07, 6.45) is -4.69. The molecular weight excluding hydrogens is 273 g/mol. The van der Waals surface area contributed by atoms with E-state index < -0.39 is 23.6 Å². The van der Waals surface area contributed by atoms with Crippen LogP contribution in [0.2, 0.25) is 0 Å². The Morgan fingerprint density at radius 3 is 2.45 bits per heavy atom. The van der Waals surface area contributed by atoms with Crippen LogP contribution in [0.5, 0.6) is 5.88 Å². The molecule has 0 bridgehead atoms. The van der Waals surface area contributed by atoms with Crippen LogP contribution < -0.4 is 0 Å². The fourth-order valence-electron chi connectivity index (χ4n) is 1.98. The number of hydrogen-bond donors (Lipinski definition) is 1. The minimum Gasteiger partial charge on any atom is -0.493 e. The Balaban J connectivity index is 2.78. The number of aldehydes is 1. The number of carbonyl (C=O) groups is 1. The zero-order chi connectivity index (χ0) is 15.1. The summed E-state index contributed by atoms with van der Waals surface area (Å²) < 4.78 is 39.4. The molecule has 2 aromatic rings. The minimum atomic E-state index is -4.78. The summed E-state index contributed by atoms with van der Waals surface area (Å²) in [6.45, 7) is 3.41. The lowest BCUT2D eigenvalue weighted by atomic mass is 10.1. The van der Waals surface area contributed by atoms with E-state index in [4.69, 9.17) is 0 Å². The summed E-state index contributed by atoms with van der Waals surface area (Å²) in [6, 6.07) is 4.73. The van der Waals surface area contributed by atoms with Gasteiger partial charge in [0.1, 0.15) is 0 Å². The predicted octanol–water partition coefficient (Wildman–Crippen LogP) is 3.03. The van der Waals surface area contributed by atoms with Gasteiger partial charge in [0.25, 0.3) is 0 Å². The van der Waals surface area contributed by atoms with E-state index in [0.717, 1.165) is 5.56 Å². The van der Waals surface area contributed by atoms with Crippen LogP contribution in [0.4, 0.5) is 13.2 Å². The Morgan fingerprint density at radius 2 is 1.95 bits per heavy atom. The molecule has 7 heteroatoms. The third kappa shape index (κ3) is 2.26. The summed E-state index contributed by atoms with van der Waals surface area (Å²) in [4.78, 5) is 13.8. The first-order valence-electron chi connectivity index (χ1n) is 5.67. The van der Waals surface area contributed by atoms with Crippen molar-refractivity contribution in [3.63, 3.8) is 0 Å². The number of halogens is 3. The van der Waals surface area contributed by atoms with Crippen LogP contribution >= 0.6 is 0 Å². The van der Waals surface area contributed by atoms with E-state index in [1.807, 2.05) is 0 Å². The van der Waals surface area contributed by atoms with Gasteiger partial charge in [-0.1, -0.05) is 17.7 Å². The summed E-state index contributed by atoms with van der Waals surface area (Å²) in [5.74, 6) is -2.15. The Kier molecular flexibility index (Phi) is 3.29. The van der Waals surface area contributed by atoms with Gasteiger partial charge >= 0.3 is 6.18 Å². The molecule has 1 aromatic heterocycles. The Hall–Kier alpha value is -2.31. The molecule has 106 valence electrons. The molecule has 1 N–H and O–H groups in total. The molecule has 0 saturated carbocycles. The molecule has 4 nitrogen and oxygen atoms in total. The van der Waals surface area contributed by atoms with E-state index in [2.05, 4.69) is 4.98 Å². The highest BCUT2D eigenvalue weighted by atomic mass is 19.4. The Labute approximate surface area is 112 Å². The highest BCUT2D eigenvalue weighted by molar-refractivity contribution is 5.76. The summed E-state index contributed by atoms with van der Waals surface area (Å²) in [5, 5.41) is 9.79. The van der Waals surface area contributed by atoms with E-state index in [9.17, 15) is 23.1 Å². The molecular formula is C13H11F3N2O2. The molecule has 0 fully saturated rings. The van der Waals surface area contributed by atoms with E-state index >= 15 is 0 Å². The number of aromatic nitrogens is 2. The molecule has 0 aliphatic rings. The monoisotopic (exact) mass is 284 g/mol. The summed E-state index contributed by atoms with van der Waals surface area (Å²) in [7, 11) is 0. The fourth-order valence-corrected chi connectivity index (χ4v) is 1.98. The van der Waals surface area contributed by atoms with Gasteiger partial charge in [-0.2, -0.15) is 13.2 Å². The lowest BCUT2D eigenvalue weighted by Crippen LogP contribution is -2.14. The second-order valence-electron chi connectivity index (χ2n) is 4.39. The Bertz CT molecular complexity index is 675.